The molecule has 1 aromatic rings. The number of hydrogen-bond acceptors (Lipinski definition) is 3. The lowest BCUT2D eigenvalue weighted by Gasteiger charge is -2.30. The normalized spacial score (nSPS) is 26.4. The van der Waals surface area contributed by atoms with Crippen molar-refractivity contribution in [3.05, 3.63) is 35.9 Å². The summed E-state index contributed by atoms with van der Waals surface area (Å²) in [5, 5.41) is 0. The van der Waals surface area contributed by atoms with Gasteiger partial charge in [0, 0.05) is 37.5 Å². The molecule has 2 heterocycles. The van der Waals surface area contributed by atoms with Gasteiger partial charge in [0.1, 0.15) is 0 Å². The zero-order chi connectivity index (χ0) is 17.4. The fourth-order valence-electron chi connectivity index (χ4n) is 4.13. The lowest BCUT2D eigenvalue weighted by Crippen LogP contribution is -2.48. The molecule has 4 rings (SSSR count). The van der Waals surface area contributed by atoms with E-state index in [9.17, 15) is 9.59 Å². The number of amides is 2. The van der Waals surface area contributed by atoms with Crippen LogP contribution in [0.15, 0.2) is 30.3 Å². The van der Waals surface area contributed by atoms with Crippen molar-refractivity contribution in [2.45, 2.75) is 32.4 Å². The van der Waals surface area contributed by atoms with Gasteiger partial charge in [-0.05, 0) is 31.2 Å². The van der Waals surface area contributed by atoms with Gasteiger partial charge >= 0.3 is 11.8 Å². The van der Waals surface area contributed by atoms with Gasteiger partial charge < -0.3 is 14.5 Å². The average molecular weight is 342 g/mol. The highest BCUT2D eigenvalue weighted by molar-refractivity contribution is 6.35. The Kier molecular flexibility index (Phi) is 4.50. The van der Waals surface area contributed by atoms with Gasteiger partial charge in [-0.3, -0.25) is 9.59 Å². The van der Waals surface area contributed by atoms with E-state index in [1.807, 2.05) is 30.3 Å². The SMILES string of the molecule is CC(C1CC1)N(Cc1ccccc1)C(=O)C(=O)N1C[C@H]2COC[C@H]2C1. The summed E-state index contributed by atoms with van der Waals surface area (Å²) in [5.41, 5.74) is 1.07. The predicted octanol–water partition coefficient (Wildman–Crippen LogP) is 1.92. The van der Waals surface area contributed by atoms with Crippen molar-refractivity contribution < 1.29 is 14.3 Å². The predicted molar refractivity (Wildman–Crippen MR) is 93.6 cm³/mol. The molecular formula is C20H26N2O3. The van der Waals surface area contributed by atoms with Crippen molar-refractivity contribution in [2.75, 3.05) is 26.3 Å². The first-order chi connectivity index (χ1) is 12.1. The monoisotopic (exact) mass is 342 g/mol. The van der Waals surface area contributed by atoms with Crippen molar-refractivity contribution in [2.24, 2.45) is 17.8 Å². The molecule has 2 aliphatic heterocycles. The van der Waals surface area contributed by atoms with Gasteiger partial charge in [0.2, 0.25) is 0 Å². The van der Waals surface area contributed by atoms with Crippen LogP contribution in [-0.4, -0.2) is 54.0 Å². The molecule has 3 aliphatic rings. The van der Waals surface area contributed by atoms with E-state index < -0.39 is 0 Å². The van der Waals surface area contributed by atoms with Crippen molar-refractivity contribution in [3.8, 4) is 0 Å². The summed E-state index contributed by atoms with van der Waals surface area (Å²) < 4.78 is 5.47. The van der Waals surface area contributed by atoms with Gasteiger partial charge in [-0.2, -0.15) is 0 Å². The Morgan fingerprint density at radius 2 is 1.80 bits per heavy atom. The third kappa shape index (κ3) is 3.43. The Morgan fingerprint density at radius 1 is 1.16 bits per heavy atom. The minimum Gasteiger partial charge on any atom is -0.381 e. The molecule has 0 aromatic heterocycles. The summed E-state index contributed by atoms with van der Waals surface area (Å²) in [6.07, 6.45) is 2.30. The second kappa shape index (κ2) is 6.79. The van der Waals surface area contributed by atoms with Crippen molar-refractivity contribution in [3.63, 3.8) is 0 Å². The summed E-state index contributed by atoms with van der Waals surface area (Å²) in [6.45, 7) is 5.34. The van der Waals surface area contributed by atoms with Crippen LogP contribution < -0.4 is 0 Å². The molecule has 3 fully saturated rings. The van der Waals surface area contributed by atoms with Crippen LogP contribution in [0.5, 0.6) is 0 Å². The van der Waals surface area contributed by atoms with Gasteiger partial charge in [-0.15, -0.1) is 0 Å². The molecule has 1 saturated carbocycles. The van der Waals surface area contributed by atoms with E-state index >= 15 is 0 Å². The maximum Gasteiger partial charge on any atom is 0.312 e. The number of likely N-dealkylation sites (tertiary alicyclic amines) is 1. The van der Waals surface area contributed by atoms with Crippen molar-refractivity contribution in [1.29, 1.82) is 0 Å². The zero-order valence-electron chi connectivity index (χ0n) is 14.8. The fourth-order valence-corrected chi connectivity index (χ4v) is 4.13. The highest BCUT2D eigenvalue weighted by Crippen LogP contribution is 2.36. The quantitative estimate of drug-likeness (QED) is 0.786. The molecule has 2 amide bonds. The number of hydrogen-bond donors (Lipinski definition) is 0. The van der Waals surface area contributed by atoms with E-state index in [0.717, 1.165) is 31.6 Å². The highest BCUT2D eigenvalue weighted by Gasteiger charge is 2.43. The molecule has 25 heavy (non-hydrogen) atoms. The van der Waals surface area contributed by atoms with Gasteiger partial charge in [0.15, 0.2) is 0 Å². The molecule has 5 nitrogen and oxygen atoms in total. The molecule has 5 heteroatoms. The highest BCUT2D eigenvalue weighted by atomic mass is 16.5. The Hall–Kier alpha value is -1.88. The number of nitrogens with zero attached hydrogens (tertiary/aromatic N) is 2. The first-order valence-electron chi connectivity index (χ1n) is 9.35. The van der Waals surface area contributed by atoms with Crippen LogP contribution >= 0.6 is 0 Å². The molecule has 0 bridgehead atoms. The van der Waals surface area contributed by atoms with E-state index in [0.29, 0.717) is 37.4 Å². The Labute approximate surface area is 148 Å². The van der Waals surface area contributed by atoms with Crippen molar-refractivity contribution in [1.82, 2.24) is 9.80 Å². The van der Waals surface area contributed by atoms with Gasteiger partial charge in [-0.25, -0.2) is 0 Å². The van der Waals surface area contributed by atoms with E-state index in [2.05, 4.69) is 6.92 Å². The van der Waals surface area contributed by atoms with E-state index in [4.69, 9.17) is 4.74 Å². The average Bonchev–Trinajstić information content (AvgIpc) is 3.26. The lowest BCUT2D eigenvalue weighted by atomic mass is 10.0. The summed E-state index contributed by atoms with van der Waals surface area (Å²) in [6, 6.07) is 10.1. The lowest BCUT2D eigenvalue weighted by molar-refractivity contribution is -0.153. The molecule has 3 atom stereocenters. The number of carbonyl (C=O) groups excluding carboxylic acids is 2. The second-order valence-electron chi connectivity index (χ2n) is 7.76. The van der Waals surface area contributed by atoms with Crippen LogP contribution in [0, 0.1) is 17.8 Å². The number of fused-ring (bicyclic) bond motifs is 1. The van der Waals surface area contributed by atoms with Crippen LogP contribution in [-0.2, 0) is 20.9 Å². The molecule has 1 unspecified atom stereocenters. The first kappa shape index (κ1) is 16.6. The number of rotatable bonds is 4. The maximum atomic E-state index is 13.0. The van der Waals surface area contributed by atoms with E-state index in [1.165, 1.54) is 0 Å². The largest absolute Gasteiger partial charge is 0.381 e. The smallest absolute Gasteiger partial charge is 0.312 e. The van der Waals surface area contributed by atoms with Crippen LogP contribution in [0.2, 0.25) is 0 Å². The van der Waals surface area contributed by atoms with Crippen LogP contribution in [0.3, 0.4) is 0 Å². The van der Waals surface area contributed by atoms with Gasteiger partial charge in [0.25, 0.3) is 0 Å². The third-order valence-electron chi connectivity index (χ3n) is 5.96. The summed E-state index contributed by atoms with van der Waals surface area (Å²) in [7, 11) is 0. The summed E-state index contributed by atoms with van der Waals surface area (Å²) in [5.74, 6) is 0.661. The molecule has 2 saturated heterocycles. The van der Waals surface area contributed by atoms with Crippen LogP contribution in [0.25, 0.3) is 0 Å². The molecule has 0 spiro atoms. The number of benzene rings is 1. The van der Waals surface area contributed by atoms with E-state index in [1.54, 1.807) is 9.80 Å². The fraction of sp³-hybridized carbons (Fsp3) is 0.600. The minimum absolute atomic E-state index is 0.113. The Bertz CT molecular complexity index is 632. The number of ether oxygens (including phenoxy) is 1. The molecule has 0 N–H and O–H groups in total. The van der Waals surface area contributed by atoms with Crippen molar-refractivity contribution >= 4 is 11.8 Å². The molecule has 1 aliphatic carbocycles. The second-order valence-corrected chi connectivity index (χ2v) is 7.76. The molecular weight excluding hydrogens is 316 g/mol. The molecule has 1 aromatic carbocycles. The van der Waals surface area contributed by atoms with Crippen LogP contribution in [0.1, 0.15) is 25.3 Å². The van der Waals surface area contributed by atoms with Gasteiger partial charge in [0.05, 0.1) is 13.2 Å². The first-order valence-corrected chi connectivity index (χ1v) is 9.35. The standard InChI is InChI=1S/C20H26N2O3/c1-14(16-7-8-16)22(9-15-5-3-2-4-6-15)20(24)19(23)21-10-17-12-25-13-18(17)11-21/h2-6,14,16-18H,7-13H2,1H3/t14?,17-,18+. The third-order valence-corrected chi connectivity index (χ3v) is 5.96. The molecule has 134 valence electrons. The Morgan fingerprint density at radius 3 is 2.40 bits per heavy atom. The molecule has 0 radical (unpaired) electrons. The number of carbonyl (C=O) groups is 2. The maximum absolute atomic E-state index is 13.0. The van der Waals surface area contributed by atoms with Crippen LogP contribution in [0.4, 0.5) is 0 Å². The topological polar surface area (TPSA) is 49.9 Å². The van der Waals surface area contributed by atoms with E-state index in [-0.39, 0.29) is 17.9 Å². The Balaban J connectivity index is 1.47. The summed E-state index contributed by atoms with van der Waals surface area (Å²) >= 11 is 0. The van der Waals surface area contributed by atoms with Gasteiger partial charge in [-0.1, -0.05) is 30.3 Å². The zero-order valence-corrected chi connectivity index (χ0v) is 14.8. The summed E-state index contributed by atoms with van der Waals surface area (Å²) in [4.78, 5) is 29.4. The minimum atomic E-state index is -0.343.